The number of anilines is 2. The number of fused-ring (bicyclic) bond motifs is 2. The lowest BCUT2D eigenvalue weighted by atomic mass is 10.00. The molecule has 6 nitrogen and oxygen atoms in total. The van der Waals surface area contributed by atoms with Crippen LogP contribution in [0.15, 0.2) is 78.9 Å². The van der Waals surface area contributed by atoms with E-state index in [-0.39, 0.29) is 11.7 Å². The van der Waals surface area contributed by atoms with E-state index >= 15 is 0 Å². The van der Waals surface area contributed by atoms with E-state index in [1.165, 1.54) is 11.1 Å². The van der Waals surface area contributed by atoms with E-state index in [9.17, 15) is 4.79 Å². The third-order valence-electron chi connectivity index (χ3n) is 5.99. The number of para-hydroxylation sites is 2. The summed E-state index contributed by atoms with van der Waals surface area (Å²) < 4.78 is 0. The van der Waals surface area contributed by atoms with Crippen molar-refractivity contribution < 1.29 is 4.79 Å². The lowest BCUT2D eigenvalue weighted by Gasteiger charge is -2.28. The number of amides is 1. The van der Waals surface area contributed by atoms with Gasteiger partial charge in [0, 0.05) is 37.3 Å². The summed E-state index contributed by atoms with van der Waals surface area (Å²) in [5.74, 6) is 0.559. The molecule has 0 atom stereocenters. The minimum Gasteiger partial charge on any atom is -0.349 e. The molecule has 0 radical (unpaired) electrons. The maximum absolute atomic E-state index is 12.8. The second kappa shape index (κ2) is 9.79. The van der Waals surface area contributed by atoms with Gasteiger partial charge in [-0.15, -0.1) is 0 Å². The number of carbonyl (C=O) groups excluding carboxylic acids is 1. The predicted molar refractivity (Wildman–Crippen MR) is 132 cm³/mol. The fraction of sp³-hybridized carbons (Fsp3) is 0.222. The topological polar surface area (TPSA) is 70.2 Å². The zero-order chi connectivity index (χ0) is 22.5. The minimum atomic E-state index is -0.249. The van der Waals surface area contributed by atoms with Crippen molar-refractivity contribution in [2.24, 2.45) is 0 Å². The fourth-order valence-corrected chi connectivity index (χ4v) is 4.26. The van der Waals surface area contributed by atoms with Crippen LogP contribution in [0.25, 0.3) is 10.9 Å². The van der Waals surface area contributed by atoms with Crippen molar-refractivity contribution in [3.8, 4) is 0 Å². The van der Waals surface area contributed by atoms with Gasteiger partial charge >= 0.3 is 0 Å². The molecule has 1 aromatic heterocycles. The molecule has 3 aromatic carbocycles. The Morgan fingerprint density at radius 1 is 0.879 bits per heavy atom. The van der Waals surface area contributed by atoms with Gasteiger partial charge in [0.05, 0.1) is 5.52 Å². The molecular weight excluding hydrogens is 410 g/mol. The summed E-state index contributed by atoms with van der Waals surface area (Å²) >= 11 is 0. The van der Waals surface area contributed by atoms with Crippen LogP contribution in [-0.4, -0.2) is 40.4 Å². The Bertz CT molecular complexity index is 1260. The molecule has 5 rings (SSSR count). The Balaban J connectivity index is 1.21. The van der Waals surface area contributed by atoms with Crippen molar-refractivity contribution >= 4 is 28.3 Å². The van der Waals surface area contributed by atoms with Gasteiger partial charge in [0.15, 0.2) is 0 Å². The average Bonchev–Trinajstić information content (AvgIpc) is 2.87. The minimum absolute atomic E-state index is 0.180. The van der Waals surface area contributed by atoms with Crippen molar-refractivity contribution in [3.05, 3.63) is 95.8 Å². The number of hydrogen-bond donors (Lipinski definition) is 2. The molecule has 2 heterocycles. The number of benzene rings is 3. The summed E-state index contributed by atoms with van der Waals surface area (Å²) in [5.41, 5.74) is 4.52. The van der Waals surface area contributed by atoms with E-state index in [1.807, 2.05) is 54.6 Å². The maximum Gasteiger partial charge on any atom is 0.289 e. The molecule has 0 fully saturated rings. The number of nitrogens with one attached hydrogen (secondary N) is 2. The summed E-state index contributed by atoms with van der Waals surface area (Å²) in [6.45, 7) is 3.59. The van der Waals surface area contributed by atoms with Gasteiger partial charge in [0.1, 0.15) is 5.82 Å². The zero-order valence-electron chi connectivity index (χ0n) is 18.5. The van der Waals surface area contributed by atoms with Crippen molar-refractivity contribution in [2.75, 3.05) is 25.0 Å². The molecule has 0 bridgehead atoms. The summed E-state index contributed by atoms with van der Waals surface area (Å²) in [4.78, 5) is 24.3. The van der Waals surface area contributed by atoms with Gasteiger partial charge in [-0.2, -0.15) is 0 Å². The van der Waals surface area contributed by atoms with Crippen molar-refractivity contribution in [1.82, 2.24) is 20.2 Å². The Morgan fingerprint density at radius 3 is 2.52 bits per heavy atom. The third-order valence-corrected chi connectivity index (χ3v) is 5.99. The van der Waals surface area contributed by atoms with Gasteiger partial charge in [-0.3, -0.25) is 9.69 Å². The van der Waals surface area contributed by atoms with Crippen LogP contribution >= 0.6 is 0 Å². The van der Waals surface area contributed by atoms with E-state index < -0.39 is 0 Å². The smallest absolute Gasteiger partial charge is 0.289 e. The van der Waals surface area contributed by atoms with Crippen LogP contribution in [0.1, 0.15) is 28.2 Å². The molecule has 1 amide bonds. The maximum atomic E-state index is 12.8. The second-order valence-corrected chi connectivity index (χ2v) is 8.31. The first kappa shape index (κ1) is 21.1. The molecule has 6 heteroatoms. The van der Waals surface area contributed by atoms with Crippen LogP contribution in [-0.2, 0) is 13.0 Å². The summed E-state index contributed by atoms with van der Waals surface area (Å²) in [6.07, 6.45) is 1.97. The molecule has 1 aliphatic rings. The molecule has 166 valence electrons. The SMILES string of the molecule is O=C(NCCCN1CCc2ccccc2C1)c1nc(Nc2ccccc2)c2ccccc2n1. The van der Waals surface area contributed by atoms with E-state index in [1.54, 1.807) is 0 Å². The predicted octanol–water partition coefficient (Wildman–Crippen LogP) is 4.55. The van der Waals surface area contributed by atoms with Gasteiger partial charge < -0.3 is 10.6 Å². The van der Waals surface area contributed by atoms with E-state index in [2.05, 4.69) is 49.8 Å². The first-order valence-corrected chi connectivity index (χ1v) is 11.4. The van der Waals surface area contributed by atoms with Crippen LogP contribution in [0.2, 0.25) is 0 Å². The molecule has 4 aromatic rings. The van der Waals surface area contributed by atoms with Gasteiger partial charge in [0.25, 0.3) is 5.91 Å². The average molecular weight is 438 g/mol. The number of rotatable bonds is 7. The molecule has 1 aliphatic heterocycles. The number of carbonyl (C=O) groups is 1. The lowest BCUT2D eigenvalue weighted by Crippen LogP contribution is -2.34. The van der Waals surface area contributed by atoms with Crippen LogP contribution < -0.4 is 10.6 Å². The Labute approximate surface area is 193 Å². The van der Waals surface area contributed by atoms with E-state index in [0.29, 0.717) is 12.4 Å². The number of nitrogens with zero attached hydrogens (tertiary/aromatic N) is 3. The van der Waals surface area contributed by atoms with Gasteiger partial charge in [-0.1, -0.05) is 54.6 Å². The monoisotopic (exact) mass is 437 g/mol. The molecule has 2 N–H and O–H groups in total. The second-order valence-electron chi connectivity index (χ2n) is 8.31. The van der Waals surface area contributed by atoms with Crippen molar-refractivity contribution in [2.45, 2.75) is 19.4 Å². The number of aromatic nitrogens is 2. The molecule has 0 spiro atoms. The van der Waals surface area contributed by atoms with Crippen LogP contribution in [0.4, 0.5) is 11.5 Å². The lowest BCUT2D eigenvalue weighted by molar-refractivity contribution is 0.0941. The quantitative estimate of drug-likeness (QED) is 0.415. The largest absolute Gasteiger partial charge is 0.349 e. The van der Waals surface area contributed by atoms with E-state index in [4.69, 9.17) is 0 Å². The molecule has 0 aliphatic carbocycles. The normalized spacial score (nSPS) is 13.5. The van der Waals surface area contributed by atoms with Gasteiger partial charge in [-0.25, -0.2) is 9.97 Å². The van der Waals surface area contributed by atoms with Crippen LogP contribution in [0.5, 0.6) is 0 Å². The third kappa shape index (κ3) is 5.02. The summed E-state index contributed by atoms with van der Waals surface area (Å²) in [6, 6.07) is 26.2. The van der Waals surface area contributed by atoms with Crippen LogP contribution in [0.3, 0.4) is 0 Å². The molecule has 0 saturated heterocycles. The fourth-order valence-electron chi connectivity index (χ4n) is 4.26. The summed E-state index contributed by atoms with van der Waals surface area (Å²) in [5, 5.41) is 7.20. The number of hydrogen-bond acceptors (Lipinski definition) is 5. The van der Waals surface area contributed by atoms with Gasteiger partial charge in [-0.05, 0) is 48.2 Å². The highest BCUT2D eigenvalue weighted by atomic mass is 16.2. The Kier molecular flexibility index (Phi) is 6.26. The van der Waals surface area contributed by atoms with E-state index in [0.717, 1.165) is 49.1 Å². The Hall–Kier alpha value is -3.77. The highest BCUT2D eigenvalue weighted by Gasteiger charge is 2.16. The highest BCUT2D eigenvalue weighted by Crippen LogP contribution is 2.24. The standard InChI is InChI=1S/C27H27N5O/c33-27(28-16-8-17-32-18-15-20-9-4-5-10-21(20)19-32)26-30-24-14-7-6-13-23(24)25(31-26)29-22-11-2-1-3-12-22/h1-7,9-14H,8,15-19H2,(H,28,33)(H,29,30,31). The summed E-state index contributed by atoms with van der Waals surface area (Å²) in [7, 11) is 0. The first-order chi connectivity index (χ1) is 16.3. The molecule has 0 unspecified atom stereocenters. The van der Waals surface area contributed by atoms with Crippen LogP contribution in [0, 0.1) is 0 Å². The molecular formula is C27H27N5O. The first-order valence-electron chi connectivity index (χ1n) is 11.4. The Morgan fingerprint density at radius 2 is 1.64 bits per heavy atom. The molecule has 33 heavy (non-hydrogen) atoms. The zero-order valence-corrected chi connectivity index (χ0v) is 18.5. The van der Waals surface area contributed by atoms with Crippen molar-refractivity contribution in [3.63, 3.8) is 0 Å². The van der Waals surface area contributed by atoms with Crippen molar-refractivity contribution in [1.29, 1.82) is 0 Å². The molecule has 0 saturated carbocycles. The van der Waals surface area contributed by atoms with Gasteiger partial charge in [0.2, 0.25) is 5.82 Å². The highest BCUT2D eigenvalue weighted by molar-refractivity contribution is 5.97.